The zero-order valence-electron chi connectivity index (χ0n) is 17.4. The molecule has 1 atom stereocenters. The predicted octanol–water partition coefficient (Wildman–Crippen LogP) is 2.09. The number of nitrogens with zero attached hydrogens (tertiary/aromatic N) is 4. The van der Waals surface area contributed by atoms with Crippen LogP contribution in [-0.4, -0.2) is 63.6 Å². The summed E-state index contributed by atoms with van der Waals surface area (Å²) < 4.78 is 19.8. The molecule has 164 valence electrons. The highest BCUT2D eigenvalue weighted by Gasteiger charge is 2.33. The minimum absolute atomic E-state index is 0.205. The van der Waals surface area contributed by atoms with Gasteiger partial charge >= 0.3 is 5.97 Å². The minimum atomic E-state index is -0.331. The molecular formula is C22H25FN4O4. The fourth-order valence-corrected chi connectivity index (χ4v) is 4.08. The normalized spacial score (nSPS) is 18.6. The molecule has 0 bridgehead atoms. The molecule has 9 heteroatoms. The molecule has 0 saturated carbocycles. The van der Waals surface area contributed by atoms with E-state index in [0.29, 0.717) is 57.9 Å². The van der Waals surface area contributed by atoms with E-state index in [9.17, 15) is 18.8 Å². The quantitative estimate of drug-likeness (QED) is 0.681. The average molecular weight is 428 g/mol. The molecule has 1 aromatic heterocycles. The summed E-state index contributed by atoms with van der Waals surface area (Å²) in [6, 6.07) is 7.56. The SMILES string of the molecule is CCOC(=O)C1CCCN(C(=O)c2cc3n(n2)CCN(Cc2ccc(F)cc2)C3=O)C1. The summed E-state index contributed by atoms with van der Waals surface area (Å²) in [5, 5.41) is 4.35. The highest BCUT2D eigenvalue weighted by atomic mass is 19.1. The molecule has 1 unspecified atom stereocenters. The molecule has 31 heavy (non-hydrogen) atoms. The standard InChI is InChI=1S/C22H25FN4O4/c1-2-31-22(30)16-4-3-9-25(14-16)20(28)18-12-19-21(29)26(10-11-27(19)24-18)13-15-5-7-17(23)8-6-15/h5-8,12,16H,2-4,9-11,13-14H2,1H3. The molecular weight excluding hydrogens is 403 g/mol. The number of esters is 1. The Labute approximate surface area is 179 Å². The molecule has 4 rings (SSSR count). The van der Waals surface area contributed by atoms with Gasteiger partial charge in [0, 0.05) is 32.2 Å². The topological polar surface area (TPSA) is 84.7 Å². The first kappa shape index (κ1) is 21.0. The lowest BCUT2D eigenvalue weighted by atomic mass is 9.98. The van der Waals surface area contributed by atoms with Crippen molar-refractivity contribution in [1.82, 2.24) is 19.6 Å². The first-order chi connectivity index (χ1) is 15.0. The molecule has 0 N–H and O–H groups in total. The second-order valence-corrected chi connectivity index (χ2v) is 7.83. The number of amides is 2. The Morgan fingerprint density at radius 2 is 1.97 bits per heavy atom. The summed E-state index contributed by atoms with van der Waals surface area (Å²) >= 11 is 0. The number of ether oxygens (including phenoxy) is 1. The summed E-state index contributed by atoms with van der Waals surface area (Å²) in [5.74, 6) is -1.43. The smallest absolute Gasteiger partial charge is 0.310 e. The van der Waals surface area contributed by atoms with E-state index in [0.717, 1.165) is 5.56 Å². The van der Waals surface area contributed by atoms with Crippen molar-refractivity contribution in [1.29, 1.82) is 0 Å². The number of hydrogen-bond acceptors (Lipinski definition) is 5. The molecule has 0 spiro atoms. The molecule has 0 radical (unpaired) electrons. The molecule has 8 nitrogen and oxygen atoms in total. The van der Waals surface area contributed by atoms with Gasteiger partial charge < -0.3 is 14.5 Å². The third kappa shape index (κ3) is 4.45. The molecule has 2 aliphatic heterocycles. The van der Waals surface area contributed by atoms with Crippen molar-refractivity contribution in [2.75, 3.05) is 26.2 Å². The van der Waals surface area contributed by atoms with Crippen molar-refractivity contribution in [3.05, 3.63) is 53.1 Å². The van der Waals surface area contributed by atoms with Crippen molar-refractivity contribution in [3.8, 4) is 0 Å². The number of likely N-dealkylation sites (tertiary alicyclic amines) is 1. The van der Waals surface area contributed by atoms with E-state index in [4.69, 9.17) is 4.74 Å². The molecule has 2 aliphatic rings. The van der Waals surface area contributed by atoms with Crippen LogP contribution in [-0.2, 0) is 22.6 Å². The highest BCUT2D eigenvalue weighted by Crippen LogP contribution is 2.22. The van der Waals surface area contributed by atoms with E-state index in [1.165, 1.54) is 18.2 Å². The average Bonchev–Trinajstić information content (AvgIpc) is 3.22. The van der Waals surface area contributed by atoms with Crippen molar-refractivity contribution >= 4 is 17.8 Å². The van der Waals surface area contributed by atoms with Gasteiger partial charge in [0.2, 0.25) is 0 Å². The summed E-state index contributed by atoms with van der Waals surface area (Å²) in [5.41, 5.74) is 1.39. The van der Waals surface area contributed by atoms with Crippen molar-refractivity contribution in [2.24, 2.45) is 5.92 Å². The van der Waals surface area contributed by atoms with Crippen LogP contribution >= 0.6 is 0 Å². The predicted molar refractivity (Wildman–Crippen MR) is 109 cm³/mol. The van der Waals surface area contributed by atoms with Gasteiger partial charge in [-0.2, -0.15) is 5.10 Å². The fourth-order valence-electron chi connectivity index (χ4n) is 4.08. The van der Waals surface area contributed by atoms with Crippen LogP contribution in [0.2, 0.25) is 0 Å². The summed E-state index contributed by atoms with van der Waals surface area (Å²) in [4.78, 5) is 41.2. The van der Waals surface area contributed by atoms with Gasteiger partial charge in [0.15, 0.2) is 5.69 Å². The molecule has 2 amide bonds. The Kier molecular flexibility index (Phi) is 6.01. The fraction of sp³-hybridized carbons (Fsp3) is 0.455. The Bertz CT molecular complexity index is 988. The third-order valence-electron chi connectivity index (χ3n) is 5.70. The number of benzene rings is 1. The van der Waals surface area contributed by atoms with E-state index in [2.05, 4.69) is 5.10 Å². The Balaban J connectivity index is 1.45. The molecule has 1 aromatic carbocycles. The van der Waals surface area contributed by atoms with Crippen LogP contribution in [0.15, 0.2) is 30.3 Å². The zero-order chi connectivity index (χ0) is 22.0. The van der Waals surface area contributed by atoms with Crippen LogP contribution in [0.5, 0.6) is 0 Å². The lowest BCUT2D eigenvalue weighted by Gasteiger charge is -2.31. The maximum absolute atomic E-state index is 13.1. The van der Waals surface area contributed by atoms with E-state index in [1.54, 1.807) is 33.5 Å². The Morgan fingerprint density at radius 3 is 2.71 bits per heavy atom. The molecule has 1 saturated heterocycles. The molecule has 0 aliphatic carbocycles. The van der Waals surface area contributed by atoms with Gasteiger partial charge in [0.05, 0.1) is 19.1 Å². The number of hydrogen-bond donors (Lipinski definition) is 0. The number of piperidine rings is 1. The van der Waals surface area contributed by atoms with E-state index in [-0.39, 0.29) is 35.2 Å². The number of fused-ring (bicyclic) bond motifs is 1. The number of carbonyl (C=O) groups is 3. The van der Waals surface area contributed by atoms with Crippen molar-refractivity contribution in [2.45, 2.75) is 32.9 Å². The summed E-state index contributed by atoms with van der Waals surface area (Å²) in [7, 11) is 0. The van der Waals surface area contributed by atoms with Crippen LogP contribution in [0.4, 0.5) is 4.39 Å². The number of rotatable bonds is 5. The van der Waals surface area contributed by atoms with Gasteiger partial charge in [-0.05, 0) is 37.5 Å². The minimum Gasteiger partial charge on any atom is -0.466 e. The lowest BCUT2D eigenvalue weighted by molar-refractivity contribution is -0.149. The van der Waals surface area contributed by atoms with Gasteiger partial charge in [-0.1, -0.05) is 12.1 Å². The van der Waals surface area contributed by atoms with E-state index in [1.807, 2.05) is 0 Å². The van der Waals surface area contributed by atoms with Crippen LogP contribution in [0, 0.1) is 11.7 Å². The van der Waals surface area contributed by atoms with Gasteiger partial charge in [-0.3, -0.25) is 19.1 Å². The highest BCUT2D eigenvalue weighted by molar-refractivity contribution is 5.98. The second-order valence-electron chi connectivity index (χ2n) is 7.83. The van der Waals surface area contributed by atoms with Crippen LogP contribution < -0.4 is 0 Å². The van der Waals surface area contributed by atoms with Gasteiger partial charge in [-0.15, -0.1) is 0 Å². The monoisotopic (exact) mass is 428 g/mol. The molecule has 1 fully saturated rings. The van der Waals surface area contributed by atoms with E-state index < -0.39 is 0 Å². The van der Waals surface area contributed by atoms with Crippen molar-refractivity contribution < 1.29 is 23.5 Å². The van der Waals surface area contributed by atoms with Crippen LogP contribution in [0.1, 0.15) is 46.3 Å². The van der Waals surface area contributed by atoms with Crippen molar-refractivity contribution in [3.63, 3.8) is 0 Å². The summed E-state index contributed by atoms with van der Waals surface area (Å²) in [6.07, 6.45) is 1.41. The third-order valence-corrected chi connectivity index (χ3v) is 5.70. The largest absolute Gasteiger partial charge is 0.466 e. The first-order valence-corrected chi connectivity index (χ1v) is 10.5. The van der Waals surface area contributed by atoms with E-state index >= 15 is 0 Å². The molecule has 3 heterocycles. The number of carbonyl (C=O) groups excluding carboxylic acids is 3. The number of halogens is 1. The first-order valence-electron chi connectivity index (χ1n) is 10.5. The second kappa shape index (κ2) is 8.87. The van der Waals surface area contributed by atoms with Gasteiger partial charge in [0.25, 0.3) is 11.8 Å². The number of aromatic nitrogens is 2. The van der Waals surface area contributed by atoms with Gasteiger partial charge in [-0.25, -0.2) is 4.39 Å². The van der Waals surface area contributed by atoms with Crippen LogP contribution in [0.3, 0.4) is 0 Å². The summed E-state index contributed by atoms with van der Waals surface area (Å²) in [6.45, 7) is 4.20. The Morgan fingerprint density at radius 1 is 1.19 bits per heavy atom. The van der Waals surface area contributed by atoms with Gasteiger partial charge in [0.1, 0.15) is 11.5 Å². The zero-order valence-corrected chi connectivity index (χ0v) is 17.4. The molecule has 2 aromatic rings. The van der Waals surface area contributed by atoms with Crippen LogP contribution in [0.25, 0.3) is 0 Å². The maximum Gasteiger partial charge on any atom is 0.310 e. The lowest BCUT2D eigenvalue weighted by Crippen LogP contribution is -2.43. The Hall–Kier alpha value is -3.23. The maximum atomic E-state index is 13.1.